The third kappa shape index (κ3) is 3.55. The van der Waals surface area contributed by atoms with E-state index in [1.54, 1.807) is 18.2 Å². The topological polar surface area (TPSA) is 102 Å². The number of nitrogens with zero attached hydrogens (tertiary/aromatic N) is 2. The summed E-state index contributed by atoms with van der Waals surface area (Å²) in [6.07, 6.45) is 1.04. The molecule has 0 aliphatic rings. The number of anilines is 1. The Bertz CT molecular complexity index is 1010. The first-order chi connectivity index (χ1) is 11.3. The quantitative estimate of drug-likeness (QED) is 0.685. The fourth-order valence-electron chi connectivity index (χ4n) is 1.94. The molecule has 7 nitrogen and oxygen atoms in total. The maximum absolute atomic E-state index is 12.3. The molecule has 3 aromatic rings. The minimum Gasteiger partial charge on any atom is -0.402 e. The second kappa shape index (κ2) is 6.46. The van der Waals surface area contributed by atoms with E-state index in [-0.39, 0.29) is 22.4 Å². The molecule has 2 heterocycles. The van der Waals surface area contributed by atoms with Gasteiger partial charge in [0.2, 0.25) is 0 Å². The van der Waals surface area contributed by atoms with Crippen LogP contribution in [0.5, 0.6) is 0 Å². The summed E-state index contributed by atoms with van der Waals surface area (Å²) in [6, 6.07) is 9.44. The van der Waals surface area contributed by atoms with Crippen LogP contribution < -0.4 is 5.32 Å². The number of halogens is 1. The molecule has 0 bridgehead atoms. The monoisotopic (exact) mass is 427 g/mol. The van der Waals surface area contributed by atoms with Crippen molar-refractivity contribution in [2.45, 2.75) is 4.90 Å². The Balaban J connectivity index is 1.85. The number of hydrogen-bond donors (Lipinski definition) is 1. The lowest BCUT2D eigenvalue weighted by Crippen LogP contribution is -2.16. The first kappa shape index (κ1) is 16.8. The average molecular weight is 428 g/mol. The molecule has 1 amide bonds. The Morgan fingerprint density at radius 2 is 1.96 bits per heavy atom. The van der Waals surface area contributed by atoms with Crippen molar-refractivity contribution < 1.29 is 17.6 Å². The molecule has 124 valence electrons. The highest BCUT2D eigenvalue weighted by molar-refractivity contribution is 9.11. The molecule has 0 radical (unpaired) electrons. The highest BCUT2D eigenvalue weighted by Crippen LogP contribution is 2.31. The standard InChI is InChI=1S/C14H10BrN3O4S2/c1-24(20,21)10-5-3-2-4-8(10)12(19)16-14-18-17-13(22-14)9-6-7-11(15)23-9/h2-7H,1H3,(H,16,18,19). The maximum Gasteiger partial charge on any atom is 0.322 e. The van der Waals surface area contributed by atoms with Crippen molar-refractivity contribution in [2.24, 2.45) is 0 Å². The van der Waals surface area contributed by atoms with Crippen molar-refractivity contribution >= 4 is 49.0 Å². The average Bonchev–Trinajstić information content (AvgIpc) is 3.15. The van der Waals surface area contributed by atoms with Gasteiger partial charge in [0.25, 0.3) is 11.8 Å². The molecule has 24 heavy (non-hydrogen) atoms. The zero-order chi connectivity index (χ0) is 17.3. The molecule has 0 atom stereocenters. The van der Waals surface area contributed by atoms with E-state index in [0.29, 0.717) is 0 Å². The third-order valence-electron chi connectivity index (χ3n) is 2.96. The van der Waals surface area contributed by atoms with Crippen molar-refractivity contribution in [1.82, 2.24) is 10.2 Å². The van der Waals surface area contributed by atoms with Gasteiger partial charge in [0, 0.05) is 6.26 Å². The number of thiophene rings is 1. The van der Waals surface area contributed by atoms with Gasteiger partial charge in [-0.25, -0.2) is 8.42 Å². The van der Waals surface area contributed by atoms with Gasteiger partial charge in [-0.05, 0) is 40.2 Å². The smallest absolute Gasteiger partial charge is 0.322 e. The van der Waals surface area contributed by atoms with Gasteiger partial charge in [-0.3, -0.25) is 10.1 Å². The van der Waals surface area contributed by atoms with Crippen molar-refractivity contribution in [3.63, 3.8) is 0 Å². The molecule has 0 aliphatic heterocycles. The lowest BCUT2D eigenvalue weighted by atomic mass is 10.2. The molecule has 2 aromatic heterocycles. The van der Waals surface area contributed by atoms with Gasteiger partial charge in [-0.1, -0.05) is 17.2 Å². The molecule has 0 saturated carbocycles. The minimum absolute atomic E-state index is 0.0126. The molecule has 1 aromatic carbocycles. The number of carbonyl (C=O) groups is 1. The fraction of sp³-hybridized carbons (Fsp3) is 0.0714. The van der Waals surface area contributed by atoms with Crippen LogP contribution in [0.2, 0.25) is 0 Å². The molecule has 0 unspecified atom stereocenters. The predicted octanol–water partition coefficient (Wildman–Crippen LogP) is 3.22. The molecule has 0 fully saturated rings. The van der Waals surface area contributed by atoms with E-state index in [2.05, 4.69) is 31.4 Å². The van der Waals surface area contributed by atoms with Crippen molar-refractivity contribution in [3.8, 4) is 10.8 Å². The van der Waals surface area contributed by atoms with E-state index in [1.807, 2.05) is 6.07 Å². The van der Waals surface area contributed by atoms with Crippen LogP contribution in [0.1, 0.15) is 10.4 Å². The van der Waals surface area contributed by atoms with Gasteiger partial charge in [0.05, 0.1) is 19.1 Å². The normalized spacial score (nSPS) is 11.4. The van der Waals surface area contributed by atoms with E-state index in [9.17, 15) is 13.2 Å². The number of nitrogens with one attached hydrogen (secondary N) is 1. The summed E-state index contributed by atoms with van der Waals surface area (Å²) in [5.74, 6) is -0.379. The Morgan fingerprint density at radius 1 is 1.21 bits per heavy atom. The van der Waals surface area contributed by atoms with Crippen LogP contribution in [-0.4, -0.2) is 30.8 Å². The SMILES string of the molecule is CS(=O)(=O)c1ccccc1C(=O)Nc1nnc(-c2ccc(Br)s2)o1. The van der Waals surface area contributed by atoms with Crippen molar-refractivity contribution in [1.29, 1.82) is 0 Å². The van der Waals surface area contributed by atoms with Crippen LogP contribution >= 0.6 is 27.3 Å². The summed E-state index contributed by atoms with van der Waals surface area (Å²) in [5, 5.41) is 10.0. The summed E-state index contributed by atoms with van der Waals surface area (Å²) in [6.45, 7) is 0. The van der Waals surface area contributed by atoms with Crippen molar-refractivity contribution in [2.75, 3.05) is 11.6 Å². The summed E-state index contributed by atoms with van der Waals surface area (Å²) in [7, 11) is -3.54. The molecular weight excluding hydrogens is 418 g/mol. The van der Waals surface area contributed by atoms with E-state index in [1.165, 1.54) is 23.5 Å². The maximum atomic E-state index is 12.3. The second-order valence-corrected chi connectivity index (χ2v) is 9.19. The molecule has 0 aliphatic carbocycles. The molecule has 0 saturated heterocycles. The summed E-state index contributed by atoms with van der Waals surface area (Å²) in [4.78, 5) is 13.0. The molecular formula is C14H10BrN3O4S2. The van der Waals surface area contributed by atoms with Gasteiger partial charge in [0.15, 0.2) is 9.84 Å². The molecule has 3 rings (SSSR count). The van der Waals surface area contributed by atoms with Crippen LogP contribution in [0, 0.1) is 0 Å². The predicted molar refractivity (Wildman–Crippen MR) is 92.8 cm³/mol. The second-order valence-electron chi connectivity index (χ2n) is 4.74. The Morgan fingerprint density at radius 3 is 2.62 bits per heavy atom. The Hall–Kier alpha value is -2.04. The zero-order valence-corrected chi connectivity index (χ0v) is 15.4. The Kier molecular flexibility index (Phi) is 4.52. The lowest BCUT2D eigenvalue weighted by Gasteiger charge is -2.06. The third-order valence-corrected chi connectivity index (χ3v) is 5.73. The highest BCUT2D eigenvalue weighted by atomic mass is 79.9. The number of aromatic nitrogens is 2. The Labute approximate surface area is 149 Å². The molecule has 10 heteroatoms. The zero-order valence-electron chi connectivity index (χ0n) is 12.2. The van der Waals surface area contributed by atoms with Crippen LogP contribution in [-0.2, 0) is 9.84 Å². The summed E-state index contributed by atoms with van der Waals surface area (Å²) in [5.41, 5.74) is 0.0126. The van der Waals surface area contributed by atoms with Gasteiger partial charge in [-0.2, -0.15) is 0 Å². The molecule has 0 spiro atoms. The van der Waals surface area contributed by atoms with Crippen LogP contribution in [0.4, 0.5) is 6.01 Å². The van der Waals surface area contributed by atoms with E-state index >= 15 is 0 Å². The number of hydrogen-bond acceptors (Lipinski definition) is 7. The molecule has 1 N–H and O–H groups in total. The summed E-state index contributed by atoms with van der Waals surface area (Å²) < 4.78 is 29.8. The van der Waals surface area contributed by atoms with Crippen molar-refractivity contribution in [3.05, 3.63) is 45.7 Å². The van der Waals surface area contributed by atoms with E-state index < -0.39 is 15.7 Å². The summed E-state index contributed by atoms with van der Waals surface area (Å²) >= 11 is 4.74. The lowest BCUT2D eigenvalue weighted by molar-refractivity contribution is 0.102. The minimum atomic E-state index is -3.54. The van der Waals surface area contributed by atoms with E-state index in [4.69, 9.17) is 4.42 Å². The van der Waals surface area contributed by atoms with Gasteiger partial charge >= 0.3 is 6.01 Å². The fourth-order valence-corrected chi connectivity index (χ4v) is 4.14. The van der Waals surface area contributed by atoms with Gasteiger partial charge in [0.1, 0.15) is 0 Å². The number of sulfone groups is 1. The first-order valence-corrected chi connectivity index (χ1v) is 10.0. The number of rotatable bonds is 4. The van der Waals surface area contributed by atoms with E-state index in [0.717, 1.165) is 14.9 Å². The number of amides is 1. The van der Waals surface area contributed by atoms with Crippen LogP contribution in [0.25, 0.3) is 10.8 Å². The number of benzene rings is 1. The first-order valence-electron chi connectivity index (χ1n) is 6.54. The largest absolute Gasteiger partial charge is 0.402 e. The highest BCUT2D eigenvalue weighted by Gasteiger charge is 2.20. The van der Waals surface area contributed by atoms with Crippen LogP contribution in [0.15, 0.2) is 49.5 Å². The van der Waals surface area contributed by atoms with Gasteiger partial charge < -0.3 is 4.42 Å². The van der Waals surface area contributed by atoms with Crippen LogP contribution in [0.3, 0.4) is 0 Å². The van der Waals surface area contributed by atoms with Gasteiger partial charge in [-0.15, -0.1) is 16.4 Å². The number of carbonyl (C=O) groups excluding carboxylic acids is 1.